The Kier molecular flexibility index (Phi) is 9.44. The van der Waals surface area contributed by atoms with Gasteiger partial charge in [0.2, 0.25) is 0 Å². The predicted octanol–water partition coefficient (Wildman–Crippen LogP) is 0.205. The Morgan fingerprint density at radius 1 is 1.04 bits per heavy atom. The molecule has 0 heterocycles. The molecule has 8 heteroatoms. The number of Topliss-reactive ketones (excluding diaryl/α,β-unsaturated/α-hetero) is 1. The lowest BCUT2D eigenvalue weighted by Crippen LogP contribution is -2.52. The molecular weight excluding hydrogens is 366 g/mol. The monoisotopic (exact) mass is 393 g/mol. The number of ether oxygens (including phenoxy) is 2. The minimum Gasteiger partial charge on any atom is -0.546 e. The molecule has 0 saturated carbocycles. The zero-order chi connectivity index (χ0) is 21.2. The molecule has 0 amide bonds. The van der Waals surface area contributed by atoms with Gasteiger partial charge < -0.3 is 35.0 Å². The average molecular weight is 393 g/mol. The highest BCUT2D eigenvalue weighted by Crippen LogP contribution is 2.35. The number of unbranched alkanes of at least 4 members (excludes halogenated alkanes) is 2. The van der Waals surface area contributed by atoms with Crippen LogP contribution in [0.15, 0.2) is 18.2 Å². The molecule has 0 unspecified atom stereocenters. The number of nitrogens with two attached hydrogens (primary N) is 1. The molecule has 0 aromatic heterocycles. The summed E-state index contributed by atoms with van der Waals surface area (Å²) in [6, 6.07) is 4.09. The molecule has 156 valence electrons. The van der Waals surface area contributed by atoms with E-state index in [1.807, 2.05) is 13.8 Å². The highest BCUT2D eigenvalue weighted by molar-refractivity contribution is 5.98. The van der Waals surface area contributed by atoms with Gasteiger partial charge in [0.05, 0.1) is 18.5 Å². The van der Waals surface area contributed by atoms with Gasteiger partial charge in [-0.15, -0.1) is 0 Å². The third-order valence-corrected chi connectivity index (χ3v) is 4.34. The molecule has 8 nitrogen and oxygen atoms in total. The molecule has 1 rings (SSSR count). The lowest BCUT2D eigenvalue weighted by atomic mass is 9.90. The van der Waals surface area contributed by atoms with Gasteiger partial charge >= 0.3 is 0 Å². The van der Waals surface area contributed by atoms with Crippen LogP contribution in [-0.4, -0.2) is 36.5 Å². The number of carboxylic acids is 2. The van der Waals surface area contributed by atoms with Gasteiger partial charge in [-0.2, -0.15) is 0 Å². The Bertz CT molecular complexity index is 679. The smallest absolute Gasteiger partial charge is 0.176 e. The normalized spacial score (nSPS) is 11.1. The van der Waals surface area contributed by atoms with Crippen molar-refractivity contribution in [3.05, 3.63) is 23.8 Å². The van der Waals surface area contributed by atoms with Gasteiger partial charge in [-0.05, 0) is 43.9 Å². The van der Waals surface area contributed by atoms with Crippen molar-refractivity contribution in [3.8, 4) is 11.5 Å². The van der Waals surface area contributed by atoms with Gasteiger partial charge in [0.1, 0.15) is 12.2 Å². The second-order valence-corrected chi connectivity index (χ2v) is 6.54. The number of carboxylic acid groups (broad SMARTS) is 2. The van der Waals surface area contributed by atoms with Crippen molar-refractivity contribution in [2.24, 2.45) is 5.73 Å². The van der Waals surface area contributed by atoms with Crippen molar-refractivity contribution in [2.75, 3.05) is 13.2 Å². The molecule has 0 aliphatic carbocycles. The van der Waals surface area contributed by atoms with Gasteiger partial charge in [0.25, 0.3) is 0 Å². The minimum atomic E-state index is -1.58. The van der Waals surface area contributed by atoms with E-state index in [4.69, 9.17) is 15.2 Å². The highest BCUT2D eigenvalue weighted by Gasteiger charge is 2.34. The average Bonchev–Trinajstić information content (AvgIpc) is 2.68. The third kappa shape index (κ3) is 6.53. The SMILES string of the molecule is CCCCC(CCCC)(Oc1ccc(C(=O)CN)cc1OCC(=O)[O-])C(=O)[O-]. The highest BCUT2D eigenvalue weighted by atomic mass is 16.6. The first kappa shape index (κ1) is 23.4. The Hall–Kier alpha value is -2.61. The number of benzene rings is 1. The quantitative estimate of drug-likeness (QED) is 0.442. The van der Waals surface area contributed by atoms with Crippen molar-refractivity contribution in [1.29, 1.82) is 0 Å². The van der Waals surface area contributed by atoms with Crippen LogP contribution in [0.5, 0.6) is 11.5 Å². The molecule has 0 atom stereocenters. The van der Waals surface area contributed by atoms with E-state index in [0.29, 0.717) is 12.8 Å². The van der Waals surface area contributed by atoms with E-state index in [0.717, 1.165) is 12.8 Å². The summed E-state index contributed by atoms with van der Waals surface area (Å²) in [6.07, 6.45) is 3.21. The van der Waals surface area contributed by atoms with Gasteiger partial charge in [-0.3, -0.25) is 4.79 Å². The summed E-state index contributed by atoms with van der Waals surface area (Å²) < 4.78 is 11.0. The van der Waals surface area contributed by atoms with Crippen LogP contribution >= 0.6 is 0 Å². The fraction of sp³-hybridized carbons (Fsp3) is 0.550. The van der Waals surface area contributed by atoms with Crippen molar-refractivity contribution in [1.82, 2.24) is 0 Å². The zero-order valence-corrected chi connectivity index (χ0v) is 16.3. The number of hydrogen-bond acceptors (Lipinski definition) is 8. The van der Waals surface area contributed by atoms with Gasteiger partial charge in [-0.1, -0.05) is 26.7 Å². The molecule has 0 saturated heterocycles. The van der Waals surface area contributed by atoms with E-state index in [1.165, 1.54) is 18.2 Å². The second kappa shape index (κ2) is 11.3. The van der Waals surface area contributed by atoms with Crippen molar-refractivity contribution < 1.29 is 34.1 Å². The number of aliphatic carboxylic acids is 2. The first-order valence-corrected chi connectivity index (χ1v) is 9.40. The molecule has 1 aromatic carbocycles. The van der Waals surface area contributed by atoms with Crippen molar-refractivity contribution in [3.63, 3.8) is 0 Å². The maximum absolute atomic E-state index is 12.0. The van der Waals surface area contributed by atoms with Crippen LogP contribution < -0.4 is 25.4 Å². The van der Waals surface area contributed by atoms with E-state index >= 15 is 0 Å². The number of ketones is 1. The Balaban J connectivity index is 3.32. The second-order valence-electron chi connectivity index (χ2n) is 6.54. The Labute approximate surface area is 164 Å². The molecule has 2 N–H and O–H groups in total. The summed E-state index contributed by atoms with van der Waals surface area (Å²) >= 11 is 0. The van der Waals surface area contributed by atoms with Crippen LogP contribution in [0.3, 0.4) is 0 Å². The van der Waals surface area contributed by atoms with Gasteiger partial charge in [0, 0.05) is 5.56 Å². The largest absolute Gasteiger partial charge is 0.546 e. The summed E-state index contributed by atoms with van der Waals surface area (Å²) in [5.74, 6) is -3.24. The summed E-state index contributed by atoms with van der Waals surface area (Å²) in [4.78, 5) is 34.6. The molecule has 0 bridgehead atoms. The van der Waals surface area contributed by atoms with Crippen molar-refractivity contribution >= 4 is 17.7 Å². The summed E-state index contributed by atoms with van der Waals surface area (Å²) in [7, 11) is 0. The third-order valence-electron chi connectivity index (χ3n) is 4.34. The predicted molar refractivity (Wildman–Crippen MR) is 97.7 cm³/mol. The summed E-state index contributed by atoms with van der Waals surface area (Å²) in [5.41, 5.74) is 3.97. The van der Waals surface area contributed by atoms with Crippen LogP contribution in [0.1, 0.15) is 62.7 Å². The van der Waals surface area contributed by atoms with Gasteiger partial charge in [-0.25, -0.2) is 0 Å². The van der Waals surface area contributed by atoms with E-state index in [2.05, 4.69) is 0 Å². The molecule has 28 heavy (non-hydrogen) atoms. The van der Waals surface area contributed by atoms with Crippen LogP contribution in [0.25, 0.3) is 0 Å². The molecule has 0 radical (unpaired) electrons. The maximum atomic E-state index is 12.0. The molecular formula is C20H27NO7-2. The minimum absolute atomic E-state index is 0.0197. The van der Waals surface area contributed by atoms with Crippen LogP contribution in [0.4, 0.5) is 0 Å². The number of carbonyl (C=O) groups excluding carboxylic acids is 3. The van der Waals surface area contributed by atoms with E-state index in [-0.39, 0.29) is 42.2 Å². The molecule has 0 fully saturated rings. The Morgan fingerprint density at radius 3 is 2.11 bits per heavy atom. The summed E-state index contributed by atoms with van der Waals surface area (Å²) in [5, 5.41) is 22.8. The Morgan fingerprint density at radius 2 is 1.64 bits per heavy atom. The fourth-order valence-corrected chi connectivity index (χ4v) is 2.74. The van der Waals surface area contributed by atoms with Crippen LogP contribution in [0.2, 0.25) is 0 Å². The molecule has 0 aliphatic heterocycles. The lowest BCUT2D eigenvalue weighted by Gasteiger charge is -2.36. The number of carbonyl (C=O) groups is 3. The molecule has 0 spiro atoms. The topological polar surface area (TPSA) is 142 Å². The van der Waals surface area contributed by atoms with Crippen LogP contribution in [0, 0.1) is 0 Å². The van der Waals surface area contributed by atoms with E-state index in [1.54, 1.807) is 0 Å². The van der Waals surface area contributed by atoms with E-state index in [9.17, 15) is 24.6 Å². The molecule has 1 aromatic rings. The lowest BCUT2D eigenvalue weighted by molar-refractivity contribution is -0.323. The standard InChI is InChI=1S/C20H29NO7/c1-3-5-9-20(19(25)26,10-6-4-2)28-16-8-7-14(15(22)12-21)11-17(16)27-13-18(23)24/h7-8,11H,3-6,9-10,12-13,21H2,1-2H3,(H,23,24)(H,25,26)/p-2. The number of rotatable bonds is 14. The van der Waals surface area contributed by atoms with Crippen LogP contribution in [-0.2, 0) is 9.59 Å². The molecule has 0 aliphatic rings. The fourth-order valence-electron chi connectivity index (χ4n) is 2.74. The van der Waals surface area contributed by atoms with Crippen molar-refractivity contribution in [2.45, 2.75) is 58.0 Å². The number of hydrogen-bond donors (Lipinski definition) is 1. The zero-order valence-electron chi connectivity index (χ0n) is 16.3. The maximum Gasteiger partial charge on any atom is 0.176 e. The van der Waals surface area contributed by atoms with Gasteiger partial charge in [0.15, 0.2) is 17.3 Å². The first-order chi connectivity index (χ1) is 13.3. The summed E-state index contributed by atoms with van der Waals surface area (Å²) in [6.45, 7) is 2.85. The van der Waals surface area contributed by atoms with E-state index < -0.39 is 24.1 Å². The first-order valence-electron chi connectivity index (χ1n) is 9.40.